The average Bonchev–Trinajstić information content (AvgIpc) is 3.03. The zero-order chi connectivity index (χ0) is 18.6. The Morgan fingerprint density at radius 1 is 1.30 bits per heavy atom. The van der Waals surface area contributed by atoms with Crippen LogP contribution in [0.25, 0.3) is 16.4 Å². The largest absolute Gasteiger partial charge is 0.493 e. The van der Waals surface area contributed by atoms with E-state index in [1.807, 2.05) is 53.9 Å². The van der Waals surface area contributed by atoms with Crippen molar-refractivity contribution in [2.75, 3.05) is 32.9 Å². The third kappa shape index (κ3) is 3.63. The maximum absolute atomic E-state index is 12.5. The highest BCUT2D eigenvalue weighted by Crippen LogP contribution is 2.30. The highest BCUT2D eigenvalue weighted by atomic mass is 16.5. The van der Waals surface area contributed by atoms with Gasteiger partial charge in [0.25, 0.3) is 0 Å². The number of nitrogens with zero attached hydrogens (tertiary/aromatic N) is 1. The van der Waals surface area contributed by atoms with E-state index in [-0.39, 0.29) is 12.1 Å². The molecule has 142 valence electrons. The van der Waals surface area contributed by atoms with Gasteiger partial charge in [-0.25, -0.2) is 4.79 Å². The monoisotopic (exact) mass is 368 g/mol. The fraction of sp³-hybridized carbons (Fsp3) is 0.381. The molecule has 1 aromatic carbocycles. The van der Waals surface area contributed by atoms with Crippen molar-refractivity contribution in [1.82, 2.24) is 9.72 Å². The fourth-order valence-electron chi connectivity index (χ4n) is 3.54. The first-order chi connectivity index (χ1) is 13.3. The van der Waals surface area contributed by atoms with Gasteiger partial charge in [-0.2, -0.15) is 0 Å². The molecule has 0 amide bonds. The fourth-order valence-corrected chi connectivity index (χ4v) is 3.54. The van der Waals surface area contributed by atoms with Crippen LogP contribution in [0.4, 0.5) is 0 Å². The standard InChI is InChI=1S/C21H24N2O4/c1-2-25-21(24)20-17-7-6-15(26-11-8-16-14-22-9-12-27-16)13-19(17)23-10-4-3-5-18(20)23/h3-7,10,13,16,22H,2,8-9,11-12,14H2,1H3. The third-order valence-corrected chi connectivity index (χ3v) is 4.81. The number of hydrogen-bond acceptors (Lipinski definition) is 5. The molecule has 1 atom stereocenters. The summed E-state index contributed by atoms with van der Waals surface area (Å²) in [7, 11) is 0. The lowest BCUT2D eigenvalue weighted by molar-refractivity contribution is 0.0159. The number of hydrogen-bond donors (Lipinski definition) is 1. The Balaban J connectivity index is 1.60. The quantitative estimate of drug-likeness (QED) is 0.678. The molecule has 3 heterocycles. The third-order valence-electron chi connectivity index (χ3n) is 4.81. The predicted octanol–water partition coefficient (Wildman–Crippen LogP) is 3.03. The van der Waals surface area contributed by atoms with E-state index in [1.54, 1.807) is 0 Å². The number of fused-ring (bicyclic) bond motifs is 3. The summed E-state index contributed by atoms with van der Waals surface area (Å²) < 4.78 is 18.9. The van der Waals surface area contributed by atoms with E-state index in [1.165, 1.54) is 0 Å². The van der Waals surface area contributed by atoms with Gasteiger partial charge in [-0.1, -0.05) is 6.07 Å². The summed E-state index contributed by atoms with van der Waals surface area (Å²) in [4.78, 5) is 12.5. The number of nitrogens with one attached hydrogen (secondary N) is 1. The van der Waals surface area contributed by atoms with Gasteiger partial charge < -0.3 is 23.9 Å². The molecule has 1 aliphatic heterocycles. The van der Waals surface area contributed by atoms with Gasteiger partial charge in [0.05, 0.1) is 42.5 Å². The molecule has 0 aliphatic carbocycles. The zero-order valence-corrected chi connectivity index (χ0v) is 15.4. The summed E-state index contributed by atoms with van der Waals surface area (Å²) in [5.74, 6) is 0.483. The number of esters is 1. The number of benzene rings is 1. The van der Waals surface area contributed by atoms with E-state index in [4.69, 9.17) is 14.2 Å². The molecule has 0 radical (unpaired) electrons. The number of ether oxygens (including phenoxy) is 3. The molecule has 27 heavy (non-hydrogen) atoms. The maximum atomic E-state index is 12.5. The summed E-state index contributed by atoms with van der Waals surface area (Å²) >= 11 is 0. The van der Waals surface area contributed by atoms with Crippen molar-refractivity contribution in [3.05, 3.63) is 48.2 Å². The normalized spacial score (nSPS) is 17.3. The second-order valence-corrected chi connectivity index (χ2v) is 6.56. The van der Waals surface area contributed by atoms with Crippen LogP contribution in [-0.2, 0) is 9.47 Å². The number of carbonyl (C=O) groups excluding carboxylic acids is 1. The minimum Gasteiger partial charge on any atom is -0.493 e. The van der Waals surface area contributed by atoms with Crippen LogP contribution < -0.4 is 10.1 Å². The Morgan fingerprint density at radius 3 is 3.04 bits per heavy atom. The van der Waals surface area contributed by atoms with Gasteiger partial charge in [0.15, 0.2) is 0 Å². The number of carbonyl (C=O) groups is 1. The van der Waals surface area contributed by atoms with E-state index >= 15 is 0 Å². The Morgan fingerprint density at radius 2 is 2.22 bits per heavy atom. The molecule has 2 aromatic heterocycles. The van der Waals surface area contributed by atoms with Crippen LogP contribution in [0.3, 0.4) is 0 Å². The zero-order valence-electron chi connectivity index (χ0n) is 15.4. The van der Waals surface area contributed by atoms with Gasteiger partial charge in [-0.05, 0) is 31.2 Å². The van der Waals surface area contributed by atoms with Crippen molar-refractivity contribution in [2.24, 2.45) is 0 Å². The van der Waals surface area contributed by atoms with E-state index in [0.29, 0.717) is 18.8 Å². The van der Waals surface area contributed by atoms with Crippen molar-refractivity contribution < 1.29 is 19.0 Å². The summed E-state index contributed by atoms with van der Waals surface area (Å²) in [6.45, 7) is 5.29. The number of aromatic nitrogens is 1. The summed E-state index contributed by atoms with van der Waals surface area (Å²) in [5.41, 5.74) is 2.37. The van der Waals surface area contributed by atoms with Gasteiger partial charge >= 0.3 is 5.97 Å². The topological polar surface area (TPSA) is 61.2 Å². The second-order valence-electron chi connectivity index (χ2n) is 6.56. The maximum Gasteiger partial charge on any atom is 0.340 e. The van der Waals surface area contributed by atoms with E-state index in [2.05, 4.69) is 5.32 Å². The Kier molecular flexibility index (Phi) is 5.27. The molecule has 6 heteroatoms. The van der Waals surface area contributed by atoms with Crippen molar-refractivity contribution in [3.8, 4) is 5.75 Å². The average molecular weight is 368 g/mol. The smallest absolute Gasteiger partial charge is 0.340 e. The first-order valence-corrected chi connectivity index (χ1v) is 9.43. The highest BCUT2D eigenvalue weighted by molar-refractivity contribution is 6.11. The highest BCUT2D eigenvalue weighted by Gasteiger charge is 2.19. The van der Waals surface area contributed by atoms with E-state index in [9.17, 15) is 4.79 Å². The van der Waals surface area contributed by atoms with Crippen LogP contribution in [0.15, 0.2) is 42.6 Å². The number of morpholine rings is 1. The van der Waals surface area contributed by atoms with Crippen molar-refractivity contribution in [3.63, 3.8) is 0 Å². The minimum atomic E-state index is -0.299. The Bertz CT molecular complexity index is 944. The summed E-state index contributed by atoms with van der Waals surface area (Å²) in [5, 5.41) is 4.19. The lowest BCUT2D eigenvalue weighted by atomic mass is 10.1. The molecular formula is C21H24N2O4. The molecular weight excluding hydrogens is 344 g/mol. The molecule has 1 fully saturated rings. The Hall–Kier alpha value is -2.57. The number of pyridine rings is 1. The van der Waals surface area contributed by atoms with E-state index in [0.717, 1.165) is 48.3 Å². The molecule has 1 aliphatic rings. The summed E-state index contributed by atoms with van der Waals surface area (Å²) in [6.07, 6.45) is 2.99. The first kappa shape index (κ1) is 17.8. The molecule has 4 rings (SSSR count). The molecule has 0 spiro atoms. The van der Waals surface area contributed by atoms with Crippen molar-refractivity contribution >= 4 is 22.4 Å². The second kappa shape index (κ2) is 7.98. The number of rotatable bonds is 6. The molecule has 1 unspecified atom stereocenters. The van der Waals surface area contributed by atoms with Crippen LogP contribution in [0.2, 0.25) is 0 Å². The van der Waals surface area contributed by atoms with Crippen molar-refractivity contribution in [1.29, 1.82) is 0 Å². The predicted molar refractivity (Wildman–Crippen MR) is 104 cm³/mol. The molecule has 3 aromatic rings. The van der Waals surface area contributed by atoms with Gasteiger partial charge in [-0.15, -0.1) is 0 Å². The first-order valence-electron chi connectivity index (χ1n) is 9.43. The molecule has 0 saturated carbocycles. The molecule has 0 bridgehead atoms. The van der Waals surface area contributed by atoms with Crippen LogP contribution in [-0.4, -0.2) is 49.4 Å². The van der Waals surface area contributed by atoms with Crippen LogP contribution in [0, 0.1) is 0 Å². The molecule has 6 nitrogen and oxygen atoms in total. The molecule has 1 saturated heterocycles. The van der Waals surface area contributed by atoms with Gasteiger partial charge in [0.2, 0.25) is 0 Å². The Labute approximate surface area is 158 Å². The molecule has 1 N–H and O–H groups in total. The van der Waals surface area contributed by atoms with Crippen LogP contribution in [0.5, 0.6) is 5.75 Å². The lowest BCUT2D eigenvalue weighted by Crippen LogP contribution is -2.39. The van der Waals surface area contributed by atoms with Crippen LogP contribution >= 0.6 is 0 Å². The van der Waals surface area contributed by atoms with Crippen LogP contribution in [0.1, 0.15) is 23.7 Å². The van der Waals surface area contributed by atoms with Gasteiger partial charge in [-0.3, -0.25) is 0 Å². The lowest BCUT2D eigenvalue weighted by Gasteiger charge is -2.23. The summed E-state index contributed by atoms with van der Waals surface area (Å²) in [6, 6.07) is 11.6. The van der Waals surface area contributed by atoms with E-state index < -0.39 is 0 Å². The minimum absolute atomic E-state index is 0.201. The van der Waals surface area contributed by atoms with Crippen molar-refractivity contribution in [2.45, 2.75) is 19.4 Å². The SMILES string of the molecule is CCOC(=O)c1c2ccc(OCCC3CNCCO3)cc2n2ccccc12. The van der Waals surface area contributed by atoms with Gasteiger partial charge in [0, 0.05) is 37.2 Å². The van der Waals surface area contributed by atoms with Gasteiger partial charge in [0.1, 0.15) is 5.75 Å².